The molecule has 1 aromatic rings. The molecule has 1 aromatic heterocycles. The lowest BCUT2D eigenvalue weighted by atomic mass is 9.74. The molecule has 0 saturated heterocycles. The molecular weight excluding hydrogens is 227 g/mol. The molecule has 16 heavy (non-hydrogen) atoms. The molecule has 0 spiro atoms. The van der Waals surface area contributed by atoms with Gasteiger partial charge in [0.15, 0.2) is 5.82 Å². The van der Waals surface area contributed by atoms with Gasteiger partial charge in [0.25, 0.3) is 0 Å². The quantitative estimate of drug-likeness (QED) is 0.832. The Balaban J connectivity index is 2.15. The molecule has 0 bridgehead atoms. The third-order valence-electron chi connectivity index (χ3n) is 2.63. The van der Waals surface area contributed by atoms with E-state index < -0.39 is 17.6 Å². The highest BCUT2D eigenvalue weighted by Gasteiger charge is 2.48. The summed E-state index contributed by atoms with van der Waals surface area (Å²) in [5.41, 5.74) is 4.85. The fraction of sp³-hybridized carbons (Fsp3) is 0.750. The molecule has 2 rings (SSSR count). The van der Waals surface area contributed by atoms with E-state index in [1.807, 2.05) is 0 Å². The molecular formula is C8H10F3N3O2. The van der Waals surface area contributed by atoms with Crippen LogP contribution in [0.5, 0.6) is 0 Å². The lowest BCUT2D eigenvalue weighted by Crippen LogP contribution is -2.53. The Morgan fingerprint density at radius 1 is 1.50 bits per heavy atom. The molecule has 1 fully saturated rings. The minimum atomic E-state index is -4.63. The molecule has 2 N–H and O–H groups in total. The van der Waals surface area contributed by atoms with Crippen molar-refractivity contribution in [2.24, 2.45) is 5.73 Å². The first kappa shape index (κ1) is 11.3. The predicted molar refractivity (Wildman–Crippen MR) is 45.2 cm³/mol. The average molecular weight is 237 g/mol. The summed E-state index contributed by atoms with van der Waals surface area (Å²) in [5, 5.41) is 3.26. The number of aromatic nitrogens is 2. The summed E-state index contributed by atoms with van der Waals surface area (Å²) >= 11 is 0. The Bertz CT molecular complexity index is 384. The maximum Gasteiger partial charge on any atom is 0.471 e. The van der Waals surface area contributed by atoms with Crippen LogP contribution in [0.15, 0.2) is 4.52 Å². The van der Waals surface area contributed by atoms with Crippen LogP contribution >= 0.6 is 0 Å². The van der Waals surface area contributed by atoms with Gasteiger partial charge in [-0.05, 0) is 12.8 Å². The molecule has 8 heteroatoms. The van der Waals surface area contributed by atoms with Gasteiger partial charge in [-0.15, -0.1) is 0 Å². The molecule has 0 aromatic carbocycles. The first-order valence-corrected chi connectivity index (χ1v) is 4.58. The highest BCUT2D eigenvalue weighted by Crippen LogP contribution is 2.40. The van der Waals surface area contributed by atoms with Gasteiger partial charge < -0.3 is 15.0 Å². The van der Waals surface area contributed by atoms with Gasteiger partial charge in [0.2, 0.25) is 0 Å². The Morgan fingerprint density at radius 3 is 2.56 bits per heavy atom. The van der Waals surface area contributed by atoms with Crippen molar-refractivity contribution in [2.75, 3.05) is 7.11 Å². The number of nitrogens with zero attached hydrogens (tertiary/aromatic N) is 2. The van der Waals surface area contributed by atoms with Gasteiger partial charge in [-0.25, -0.2) is 0 Å². The maximum atomic E-state index is 12.2. The Hall–Kier alpha value is -1.15. The van der Waals surface area contributed by atoms with Crippen LogP contribution in [0.25, 0.3) is 0 Å². The number of hydrogen-bond donors (Lipinski definition) is 1. The third kappa shape index (κ3) is 1.78. The summed E-state index contributed by atoms with van der Waals surface area (Å²) in [4.78, 5) is 3.26. The summed E-state index contributed by atoms with van der Waals surface area (Å²) < 4.78 is 45.7. The maximum absolute atomic E-state index is 12.2. The second kappa shape index (κ2) is 3.42. The highest BCUT2D eigenvalue weighted by molar-refractivity contribution is 5.12. The standard InChI is InChI=1S/C8H10F3N3O2/c1-15-4-2-7(12,3-4)5-13-6(16-14-5)8(9,10)11/h4H,2-3,12H2,1H3. The van der Waals surface area contributed by atoms with Crippen molar-refractivity contribution < 1.29 is 22.4 Å². The zero-order chi connectivity index (χ0) is 12.0. The van der Waals surface area contributed by atoms with Crippen LogP contribution in [-0.4, -0.2) is 23.4 Å². The van der Waals surface area contributed by atoms with Crippen molar-refractivity contribution in [1.29, 1.82) is 0 Å². The van der Waals surface area contributed by atoms with E-state index in [-0.39, 0.29) is 11.9 Å². The second-order valence-electron chi connectivity index (χ2n) is 3.84. The summed E-state index contributed by atoms with van der Waals surface area (Å²) in [6.45, 7) is 0. The zero-order valence-corrected chi connectivity index (χ0v) is 8.41. The van der Waals surface area contributed by atoms with E-state index in [0.29, 0.717) is 12.8 Å². The van der Waals surface area contributed by atoms with Crippen LogP contribution in [-0.2, 0) is 16.5 Å². The van der Waals surface area contributed by atoms with Gasteiger partial charge in [-0.3, -0.25) is 0 Å². The van der Waals surface area contributed by atoms with E-state index in [2.05, 4.69) is 14.7 Å². The number of methoxy groups -OCH3 is 1. The summed E-state index contributed by atoms with van der Waals surface area (Å²) in [5.74, 6) is -1.48. The molecule has 1 aliphatic rings. The highest BCUT2D eigenvalue weighted by atomic mass is 19.4. The summed E-state index contributed by atoms with van der Waals surface area (Å²) in [6.07, 6.45) is -3.91. The van der Waals surface area contributed by atoms with Crippen LogP contribution < -0.4 is 5.73 Å². The van der Waals surface area contributed by atoms with Gasteiger partial charge in [0.1, 0.15) is 0 Å². The molecule has 0 unspecified atom stereocenters. The topological polar surface area (TPSA) is 74.2 Å². The number of hydrogen-bond acceptors (Lipinski definition) is 5. The van der Waals surface area contributed by atoms with E-state index in [0.717, 1.165) is 0 Å². The SMILES string of the molecule is COC1CC(N)(c2noc(C(F)(F)F)n2)C1. The zero-order valence-electron chi connectivity index (χ0n) is 8.41. The lowest BCUT2D eigenvalue weighted by molar-refractivity contribution is -0.159. The average Bonchev–Trinajstić information content (AvgIpc) is 2.60. The van der Waals surface area contributed by atoms with Crippen molar-refractivity contribution >= 4 is 0 Å². The van der Waals surface area contributed by atoms with Crippen molar-refractivity contribution in [2.45, 2.75) is 30.7 Å². The molecule has 0 radical (unpaired) electrons. The Labute approximate surface area is 88.8 Å². The Morgan fingerprint density at radius 2 is 2.12 bits per heavy atom. The molecule has 1 aliphatic carbocycles. The predicted octanol–water partition coefficient (Wildman–Crippen LogP) is 1.05. The van der Waals surface area contributed by atoms with E-state index >= 15 is 0 Å². The van der Waals surface area contributed by atoms with Crippen molar-refractivity contribution in [1.82, 2.24) is 10.1 Å². The fourth-order valence-electron chi connectivity index (χ4n) is 1.64. The van der Waals surface area contributed by atoms with E-state index in [1.54, 1.807) is 0 Å². The van der Waals surface area contributed by atoms with E-state index in [1.165, 1.54) is 7.11 Å². The summed E-state index contributed by atoms with van der Waals surface area (Å²) in [7, 11) is 1.52. The number of rotatable bonds is 2. The largest absolute Gasteiger partial charge is 0.471 e. The number of ether oxygens (including phenoxy) is 1. The second-order valence-corrected chi connectivity index (χ2v) is 3.84. The van der Waals surface area contributed by atoms with Crippen LogP contribution in [0.3, 0.4) is 0 Å². The van der Waals surface area contributed by atoms with Gasteiger partial charge in [-0.2, -0.15) is 18.2 Å². The smallest absolute Gasteiger partial charge is 0.381 e. The Kier molecular flexibility index (Phi) is 2.43. The molecule has 0 aliphatic heterocycles. The third-order valence-corrected chi connectivity index (χ3v) is 2.63. The van der Waals surface area contributed by atoms with Gasteiger partial charge in [-0.1, -0.05) is 5.16 Å². The lowest BCUT2D eigenvalue weighted by Gasteiger charge is -2.41. The van der Waals surface area contributed by atoms with Crippen molar-refractivity contribution in [3.05, 3.63) is 11.7 Å². The summed E-state index contributed by atoms with van der Waals surface area (Å²) in [6, 6.07) is 0. The molecule has 5 nitrogen and oxygen atoms in total. The fourth-order valence-corrected chi connectivity index (χ4v) is 1.64. The number of nitrogens with two attached hydrogens (primary N) is 1. The van der Waals surface area contributed by atoms with Gasteiger partial charge >= 0.3 is 12.1 Å². The first-order valence-electron chi connectivity index (χ1n) is 4.58. The minimum absolute atomic E-state index is 0.0576. The first-order chi connectivity index (χ1) is 7.35. The molecule has 0 amide bonds. The number of alkyl halides is 3. The molecule has 90 valence electrons. The van der Waals surface area contributed by atoms with E-state index in [4.69, 9.17) is 10.5 Å². The minimum Gasteiger partial charge on any atom is -0.381 e. The van der Waals surface area contributed by atoms with Gasteiger partial charge in [0, 0.05) is 7.11 Å². The van der Waals surface area contributed by atoms with Crippen molar-refractivity contribution in [3.63, 3.8) is 0 Å². The normalized spacial score (nSPS) is 30.2. The van der Waals surface area contributed by atoms with Crippen LogP contribution in [0.4, 0.5) is 13.2 Å². The molecule has 1 heterocycles. The monoisotopic (exact) mass is 237 g/mol. The molecule has 0 atom stereocenters. The van der Waals surface area contributed by atoms with Crippen LogP contribution in [0, 0.1) is 0 Å². The van der Waals surface area contributed by atoms with E-state index in [9.17, 15) is 13.2 Å². The van der Waals surface area contributed by atoms with Crippen LogP contribution in [0.2, 0.25) is 0 Å². The van der Waals surface area contributed by atoms with Crippen molar-refractivity contribution in [3.8, 4) is 0 Å². The molecule has 1 saturated carbocycles. The number of halogens is 3. The van der Waals surface area contributed by atoms with Crippen LogP contribution in [0.1, 0.15) is 24.6 Å². The van der Waals surface area contributed by atoms with Gasteiger partial charge in [0.05, 0.1) is 11.6 Å².